The summed E-state index contributed by atoms with van der Waals surface area (Å²) in [5, 5.41) is 0.721. The summed E-state index contributed by atoms with van der Waals surface area (Å²) in [6, 6.07) is 7.59. The smallest absolute Gasteiger partial charge is 0.164 e. The van der Waals surface area contributed by atoms with Crippen molar-refractivity contribution in [2.45, 2.75) is 27.2 Å². The average molecular weight is 249 g/mol. The summed E-state index contributed by atoms with van der Waals surface area (Å²) in [7, 11) is 0. The third-order valence-corrected chi connectivity index (χ3v) is 3.67. The summed E-state index contributed by atoms with van der Waals surface area (Å²) >= 11 is 5.84. The zero-order valence-electron chi connectivity index (χ0n) is 10.5. The third kappa shape index (κ3) is 2.44. The van der Waals surface area contributed by atoms with E-state index in [4.69, 9.17) is 11.6 Å². The quantitative estimate of drug-likeness (QED) is 0.675. The lowest BCUT2D eigenvalue weighted by Crippen LogP contribution is -2.17. The highest BCUT2D eigenvalue weighted by atomic mass is 35.5. The molecule has 0 aliphatic heterocycles. The molecule has 1 aromatic rings. The Bertz CT molecular complexity index is 468. The fourth-order valence-electron chi connectivity index (χ4n) is 2.53. The van der Waals surface area contributed by atoms with Crippen LogP contribution in [-0.2, 0) is 4.79 Å². The van der Waals surface area contributed by atoms with Crippen LogP contribution in [0.5, 0.6) is 0 Å². The standard InChI is InChI=1S/C15H17ClO/c1-10-9-15(2,3)14(17)13(10)8-11-4-6-12(16)7-5-11/h4-8,10H,9H2,1-3H3. The summed E-state index contributed by atoms with van der Waals surface area (Å²) in [5.41, 5.74) is 1.78. The van der Waals surface area contributed by atoms with Crippen LogP contribution in [0.3, 0.4) is 0 Å². The number of allylic oxidation sites excluding steroid dienone is 1. The maximum absolute atomic E-state index is 12.2. The van der Waals surface area contributed by atoms with E-state index in [9.17, 15) is 4.79 Å². The zero-order valence-corrected chi connectivity index (χ0v) is 11.2. The first-order valence-electron chi connectivity index (χ1n) is 5.92. The molecule has 1 aromatic carbocycles. The Morgan fingerprint density at radius 3 is 2.35 bits per heavy atom. The summed E-state index contributed by atoms with van der Waals surface area (Å²) in [6.07, 6.45) is 2.93. The molecule has 17 heavy (non-hydrogen) atoms. The second-order valence-electron chi connectivity index (χ2n) is 5.47. The summed E-state index contributed by atoms with van der Waals surface area (Å²) < 4.78 is 0. The first kappa shape index (κ1) is 12.4. The molecule has 1 fully saturated rings. The van der Waals surface area contributed by atoms with Gasteiger partial charge in [-0.05, 0) is 41.7 Å². The molecule has 1 saturated carbocycles. The number of halogens is 1. The van der Waals surface area contributed by atoms with Crippen LogP contribution in [0.4, 0.5) is 0 Å². The predicted molar refractivity (Wildman–Crippen MR) is 72.0 cm³/mol. The van der Waals surface area contributed by atoms with E-state index in [0.717, 1.165) is 22.6 Å². The van der Waals surface area contributed by atoms with Crippen molar-refractivity contribution in [2.24, 2.45) is 11.3 Å². The van der Waals surface area contributed by atoms with Gasteiger partial charge in [0.2, 0.25) is 0 Å². The normalized spacial score (nSPS) is 25.5. The Labute approximate surface area is 107 Å². The van der Waals surface area contributed by atoms with Gasteiger partial charge in [0, 0.05) is 10.4 Å². The van der Waals surface area contributed by atoms with Gasteiger partial charge in [0.05, 0.1) is 0 Å². The van der Waals surface area contributed by atoms with Crippen molar-refractivity contribution in [3.05, 3.63) is 40.4 Å². The SMILES string of the molecule is CC1CC(C)(C)C(=O)C1=Cc1ccc(Cl)cc1. The fraction of sp³-hybridized carbons (Fsp3) is 0.400. The van der Waals surface area contributed by atoms with E-state index in [1.165, 1.54) is 0 Å². The van der Waals surface area contributed by atoms with Crippen LogP contribution in [0, 0.1) is 11.3 Å². The highest BCUT2D eigenvalue weighted by Crippen LogP contribution is 2.42. The second kappa shape index (κ2) is 4.30. The Kier molecular flexibility index (Phi) is 3.13. The lowest BCUT2D eigenvalue weighted by molar-refractivity contribution is -0.121. The van der Waals surface area contributed by atoms with Crippen molar-refractivity contribution in [2.75, 3.05) is 0 Å². The number of carbonyl (C=O) groups is 1. The minimum Gasteiger partial charge on any atom is -0.294 e. The molecule has 2 heteroatoms. The molecule has 0 N–H and O–H groups in total. The van der Waals surface area contributed by atoms with E-state index in [1.807, 2.05) is 44.2 Å². The molecule has 0 heterocycles. The van der Waals surface area contributed by atoms with Gasteiger partial charge in [-0.3, -0.25) is 4.79 Å². The highest BCUT2D eigenvalue weighted by Gasteiger charge is 2.40. The van der Waals surface area contributed by atoms with E-state index >= 15 is 0 Å². The molecule has 0 bridgehead atoms. The van der Waals surface area contributed by atoms with Gasteiger partial charge in [-0.15, -0.1) is 0 Å². The molecule has 1 aliphatic rings. The largest absolute Gasteiger partial charge is 0.294 e. The number of rotatable bonds is 1. The fourth-order valence-corrected chi connectivity index (χ4v) is 2.66. The molecule has 0 saturated heterocycles. The predicted octanol–water partition coefficient (Wildman–Crippen LogP) is 4.36. The average Bonchev–Trinajstić information content (AvgIpc) is 2.44. The molecule has 90 valence electrons. The Balaban J connectivity index is 2.34. The van der Waals surface area contributed by atoms with E-state index in [0.29, 0.717) is 5.92 Å². The van der Waals surface area contributed by atoms with E-state index in [1.54, 1.807) is 0 Å². The van der Waals surface area contributed by atoms with Crippen molar-refractivity contribution in [3.8, 4) is 0 Å². The number of hydrogen-bond acceptors (Lipinski definition) is 1. The molecule has 1 unspecified atom stereocenters. The van der Waals surface area contributed by atoms with Crippen molar-refractivity contribution in [1.82, 2.24) is 0 Å². The van der Waals surface area contributed by atoms with Gasteiger partial charge in [0.25, 0.3) is 0 Å². The maximum atomic E-state index is 12.2. The number of carbonyl (C=O) groups excluding carboxylic acids is 1. The molecular weight excluding hydrogens is 232 g/mol. The third-order valence-electron chi connectivity index (χ3n) is 3.42. The van der Waals surface area contributed by atoms with Crippen molar-refractivity contribution < 1.29 is 4.79 Å². The highest BCUT2D eigenvalue weighted by molar-refractivity contribution is 6.30. The number of ketones is 1. The first-order chi connectivity index (χ1) is 7.90. The monoisotopic (exact) mass is 248 g/mol. The lowest BCUT2D eigenvalue weighted by Gasteiger charge is -2.12. The van der Waals surface area contributed by atoms with Gasteiger partial charge in [-0.2, -0.15) is 0 Å². The van der Waals surface area contributed by atoms with Crippen molar-refractivity contribution in [3.63, 3.8) is 0 Å². The van der Waals surface area contributed by atoms with Gasteiger partial charge in [0.1, 0.15) is 0 Å². The van der Waals surface area contributed by atoms with E-state index in [-0.39, 0.29) is 11.2 Å². The number of Topliss-reactive ketones (excluding diaryl/α,β-unsaturated/α-hetero) is 1. The van der Waals surface area contributed by atoms with Crippen LogP contribution >= 0.6 is 11.6 Å². The van der Waals surface area contributed by atoms with Gasteiger partial charge >= 0.3 is 0 Å². The lowest BCUT2D eigenvalue weighted by atomic mass is 9.89. The molecule has 0 spiro atoms. The van der Waals surface area contributed by atoms with Crippen LogP contribution in [0.15, 0.2) is 29.8 Å². The Morgan fingerprint density at radius 1 is 1.29 bits per heavy atom. The van der Waals surface area contributed by atoms with Crippen molar-refractivity contribution >= 4 is 23.5 Å². The topological polar surface area (TPSA) is 17.1 Å². The van der Waals surface area contributed by atoms with Crippen LogP contribution < -0.4 is 0 Å². The number of benzene rings is 1. The van der Waals surface area contributed by atoms with Crippen LogP contribution in [-0.4, -0.2) is 5.78 Å². The Hall–Kier alpha value is -1.08. The van der Waals surface area contributed by atoms with E-state index < -0.39 is 0 Å². The molecule has 1 nitrogen and oxygen atoms in total. The summed E-state index contributed by atoms with van der Waals surface area (Å²) in [6.45, 7) is 6.16. The maximum Gasteiger partial charge on any atom is 0.164 e. The molecule has 0 aromatic heterocycles. The second-order valence-corrected chi connectivity index (χ2v) is 5.91. The van der Waals surface area contributed by atoms with Crippen molar-refractivity contribution in [1.29, 1.82) is 0 Å². The van der Waals surface area contributed by atoms with Gasteiger partial charge in [0.15, 0.2) is 5.78 Å². The minimum absolute atomic E-state index is 0.211. The molecule has 1 aliphatic carbocycles. The van der Waals surface area contributed by atoms with E-state index in [2.05, 4.69) is 6.92 Å². The van der Waals surface area contributed by atoms with Gasteiger partial charge in [-0.25, -0.2) is 0 Å². The molecule has 0 radical (unpaired) electrons. The Morgan fingerprint density at radius 2 is 1.88 bits per heavy atom. The molecule has 1 atom stereocenters. The number of hydrogen-bond donors (Lipinski definition) is 0. The molecule has 2 rings (SSSR count). The summed E-state index contributed by atoms with van der Waals surface area (Å²) in [4.78, 5) is 12.2. The first-order valence-corrected chi connectivity index (χ1v) is 6.30. The summed E-state index contributed by atoms with van der Waals surface area (Å²) in [5.74, 6) is 0.619. The van der Waals surface area contributed by atoms with Crippen LogP contribution in [0.25, 0.3) is 6.08 Å². The molecular formula is C15H17ClO. The van der Waals surface area contributed by atoms with Crippen LogP contribution in [0.2, 0.25) is 5.02 Å². The molecule has 0 amide bonds. The van der Waals surface area contributed by atoms with Gasteiger partial charge < -0.3 is 0 Å². The van der Waals surface area contributed by atoms with Gasteiger partial charge in [-0.1, -0.05) is 44.5 Å². The van der Waals surface area contributed by atoms with Crippen LogP contribution in [0.1, 0.15) is 32.8 Å². The minimum atomic E-state index is -0.211. The zero-order chi connectivity index (χ0) is 12.6.